The highest BCUT2D eigenvalue weighted by Gasteiger charge is 2.21. The largest absolute Gasteiger partial charge is 0.462 e. The number of furan rings is 1. The highest BCUT2D eigenvalue weighted by molar-refractivity contribution is 5.89. The topological polar surface area (TPSA) is 63.0 Å². The summed E-state index contributed by atoms with van der Waals surface area (Å²) in [6.07, 6.45) is 2.79. The summed E-state index contributed by atoms with van der Waals surface area (Å²) in [7, 11) is 0. The lowest BCUT2D eigenvalue weighted by molar-refractivity contribution is -0.148. The molecule has 1 aromatic heterocycles. The van der Waals surface area contributed by atoms with Crippen LogP contribution in [0.4, 0.5) is 5.69 Å². The summed E-state index contributed by atoms with van der Waals surface area (Å²) in [5, 5.41) is 0. The summed E-state index contributed by atoms with van der Waals surface area (Å²) >= 11 is 0. The van der Waals surface area contributed by atoms with E-state index in [1.165, 1.54) is 12.2 Å². The van der Waals surface area contributed by atoms with E-state index in [9.17, 15) is 9.59 Å². The lowest BCUT2D eigenvalue weighted by Crippen LogP contribution is -2.49. The van der Waals surface area contributed by atoms with Crippen LogP contribution in [0, 0.1) is 6.92 Å². The van der Waals surface area contributed by atoms with Crippen LogP contribution < -0.4 is 4.90 Å². The van der Waals surface area contributed by atoms with Crippen LogP contribution >= 0.6 is 0 Å². The average molecular weight is 354 g/mol. The monoisotopic (exact) mass is 354 g/mol. The van der Waals surface area contributed by atoms with E-state index in [1.807, 2.05) is 31.2 Å². The third kappa shape index (κ3) is 4.75. The molecule has 26 heavy (non-hydrogen) atoms. The first kappa shape index (κ1) is 17.8. The zero-order valence-electron chi connectivity index (χ0n) is 14.8. The molecule has 6 nitrogen and oxygen atoms in total. The van der Waals surface area contributed by atoms with Gasteiger partial charge in [0.05, 0.1) is 0 Å². The first-order chi connectivity index (χ1) is 12.6. The number of nitrogens with zero attached hydrogens (tertiary/aromatic N) is 2. The van der Waals surface area contributed by atoms with Crippen molar-refractivity contribution in [3.05, 3.63) is 60.1 Å². The van der Waals surface area contributed by atoms with Crippen LogP contribution in [0.1, 0.15) is 11.5 Å². The SMILES string of the molecule is Cc1ccc(C=CC(=O)OCC(=O)N2CCN(c3ccccc3)CC2)o1. The van der Waals surface area contributed by atoms with Crippen molar-refractivity contribution < 1.29 is 18.7 Å². The van der Waals surface area contributed by atoms with Gasteiger partial charge in [-0.15, -0.1) is 0 Å². The quantitative estimate of drug-likeness (QED) is 0.610. The number of benzene rings is 1. The molecule has 0 spiro atoms. The number of carbonyl (C=O) groups is 2. The maximum Gasteiger partial charge on any atom is 0.331 e. The minimum absolute atomic E-state index is 0.173. The standard InChI is InChI=1S/C20H22N2O4/c1-16-7-8-18(26-16)9-10-20(24)25-15-19(23)22-13-11-21(12-14-22)17-5-3-2-4-6-17/h2-10H,11-15H2,1H3. The molecule has 1 aromatic carbocycles. The Balaban J connectivity index is 1.41. The molecule has 0 bridgehead atoms. The number of para-hydroxylation sites is 1. The van der Waals surface area contributed by atoms with Crippen LogP contribution in [-0.2, 0) is 14.3 Å². The van der Waals surface area contributed by atoms with Gasteiger partial charge in [-0.3, -0.25) is 4.79 Å². The number of rotatable bonds is 5. The van der Waals surface area contributed by atoms with Gasteiger partial charge in [-0.05, 0) is 37.3 Å². The van der Waals surface area contributed by atoms with Crippen LogP contribution in [0.3, 0.4) is 0 Å². The number of ether oxygens (including phenoxy) is 1. The van der Waals surface area contributed by atoms with Gasteiger partial charge in [-0.1, -0.05) is 18.2 Å². The van der Waals surface area contributed by atoms with Gasteiger partial charge in [-0.25, -0.2) is 4.79 Å². The number of hydrogen-bond donors (Lipinski definition) is 0. The van der Waals surface area contributed by atoms with E-state index in [1.54, 1.807) is 11.0 Å². The van der Waals surface area contributed by atoms with Crippen molar-refractivity contribution in [1.82, 2.24) is 4.90 Å². The van der Waals surface area contributed by atoms with E-state index in [0.717, 1.165) is 24.5 Å². The zero-order valence-corrected chi connectivity index (χ0v) is 14.8. The number of hydrogen-bond acceptors (Lipinski definition) is 5. The minimum atomic E-state index is -0.560. The molecule has 0 aliphatic carbocycles. The molecule has 0 atom stereocenters. The molecule has 2 aromatic rings. The van der Waals surface area contributed by atoms with Crippen molar-refractivity contribution in [3.63, 3.8) is 0 Å². The Labute approximate surface area is 152 Å². The Morgan fingerprint density at radius 1 is 1.08 bits per heavy atom. The number of aryl methyl sites for hydroxylation is 1. The van der Waals surface area contributed by atoms with Gasteiger partial charge >= 0.3 is 5.97 Å². The van der Waals surface area contributed by atoms with Gasteiger partial charge in [0.25, 0.3) is 5.91 Å². The van der Waals surface area contributed by atoms with Gasteiger partial charge in [0.1, 0.15) is 11.5 Å². The van der Waals surface area contributed by atoms with Crippen molar-refractivity contribution in [2.24, 2.45) is 0 Å². The number of carbonyl (C=O) groups excluding carboxylic acids is 2. The van der Waals surface area contributed by atoms with Gasteiger partial charge in [0.2, 0.25) is 0 Å². The molecular weight excluding hydrogens is 332 g/mol. The smallest absolute Gasteiger partial charge is 0.331 e. The van der Waals surface area contributed by atoms with Gasteiger partial charge in [-0.2, -0.15) is 0 Å². The molecule has 0 N–H and O–H groups in total. The number of amides is 1. The van der Waals surface area contributed by atoms with Crippen molar-refractivity contribution >= 4 is 23.6 Å². The third-order valence-corrected chi connectivity index (χ3v) is 4.24. The highest BCUT2D eigenvalue weighted by atomic mass is 16.5. The van der Waals surface area contributed by atoms with Crippen LogP contribution in [0.15, 0.2) is 53.0 Å². The van der Waals surface area contributed by atoms with Crippen molar-refractivity contribution in [2.75, 3.05) is 37.7 Å². The molecule has 0 radical (unpaired) electrons. The van der Waals surface area contributed by atoms with Crippen LogP contribution in [0.25, 0.3) is 6.08 Å². The molecule has 1 aliphatic heterocycles. The van der Waals surface area contributed by atoms with Gasteiger partial charge < -0.3 is 19.0 Å². The van der Waals surface area contributed by atoms with Crippen molar-refractivity contribution in [1.29, 1.82) is 0 Å². The predicted molar refractivity (Wildman–Crippen MR) is 98.7 cm³/mol. The molecule has 1 saturated heterocycles. The maximum absolute atomic E-state index is 12.2. The van der Waals surface area contributed by atoms with E-state index in [2.05, 4.69) is 17.0 Å². The van der Waals surface area contributed by atoms with E-state index >= 15 is 0 Å². The second kappa shape index (κ2) is 8.38. The van der Waals surface area contributed by atoms with E-state index < -0.39 is 5.97 Å². The van der Waals surface area contributed by atoms with Crippen molar-refractivity contribution in [3.8, 4) is 0 Å². The summed E-state index contributed by atoms with van der Waals surface area (Å²) in [4.78, 5) is 27.9. The Morgan fingerprint density at radius 3 is 2.46 bits per heavy atom. The first-order valence-corrected chi connectivity index (χ1v) is 8.61. The predicted octanol–water partition coefficient (Wildman–Crippen LogP) is 2.49. The van der Waals surface area contributed by atoms with E-state index in [0.29, 0.717) is 18.8 Å². The second-order valence-corrected chi connectivity index (χ2v) is 6.09. The number of anilines is 1. The molecule has 3 rings (SSSR count). The Hall–Kier alpha value is -3.02. The lowest BCUT2D eigenvalue weighted by Gasteiger charge is -2.36. The maximum atomic E-state index is 12.2. The summed E-state index contributed by atoms with van der Waals surface area (Å²) in [6, 6.07) is 13.7. The molecule has 0 saturated carbocycles. The molecule has 1 amide bonds. The van der Waals surface area contributed by atoms with Crippen LogP contribution in [-0.4, -0.2) is 49.6 Å². The second-order valence-electron chi connectivity index (χ2n) is 6.09. The number of piperazine rings is 1. The summed E-state index contributed by atoms with van der Waals surface area (Å²) in [5.41, 5.74) is 1.16. The average Bonchev–Trinajstić information content (AvgIpc) is 3.10. The molecule has 2 heterocycles. The zero-order chi connectivity index (χ0) is 18.4. The normalized spacial score (nSPS) is 14.7. The lowest BCUT2D eigenvalue weighted by atomic mass is 10.2. The third-order valence-electron chi connectivity index (χ3n) is 4.24. The van der Waals surface area contributed by atoms with Gasteiger partial charge in [0, 0.05) is 37.9 Å². The molecular formula is C20H22N2O4. The summed E-state index contributed by atoms with van der Waals surface area (Å²) in [5.74, 6) is 0.606. The fraction of sp³-hybridized carbons (Fsp3) is 0.300. The molecule has 1 fully saturated rings. The molecule has 1 aliphatic rings. The van der Waals surface area contributed by atoms with Crippen molar-refractivity contribution in [2.45, 2.75) is 6.92 Å². The Bertz CT molecular complexity index is 774. The summed E-state index contributed by atoms with van der Waals surface area (Å²) in [6.45, 7) is 4.35. The highest BCUT2D eigenvalue weighted by Crippen LogP contribution is 2.15. The molecule has 0 unspecified atom stereocenters. The molecule has 6 heteroatoms. The fourth-order valence-electron chi connectivity index (χ4n) is 2.82. The van der Waals surface area contributed by atoms with Gasteiger partial charge in [0.15, 0.2) is 6.61 Å². The van der Waals surface area contributed by atoms with E-state index in [-0.39, 0.29) is 12.5 Å². The summed E-state index contributed by atoms with van der Waals surface area (Å²) < 4.78 is 10.4. The molecule has 136 valence electrons. The fourth-order valence-corrected chi connectivity index (χ4v) is 2.82. The van der Waals surface area contributed by atoms with Crippen LogP contribution in [0.5, 0.6) is 0 Å². The number of esters is 1. The Kier molecular flexibility index (Phi) is 5.73. The Morgan fingerprint density at radius 2 is 1.81 bits per heavy atom. The van der Waals surface area contributed by atoms with Crippen LogP contribution in [0.2, 0.25) is 0 Å². The first-order valence-electron chi connectivity index (χ1n) is 8.61. The van der Waals surface area contributed by atoms with E-state index in [4.69, 9.17) is 9.15 Å². The minimum Gasteiger partial charge on any atom is -0.462 e.